The molecule has 0 unspecified atom stereocenters. The quantitative estimate of drug-likeness (QED) is 0.357. The lowest BCUT2D eigenvalue weighted by Crippen LogP contribution is -2.39. The molecule has 0 saturated carbocycles. The summed E-state index contributed by atoms with van der Waals surface area (Å²) in [4.78, 5) is 22.5. The van der Waals surface area contributed by atoms with E-state index >= 15 is 0 Å². The first-order valence-electron chi connectivity index (χ1n) is 8.42. The van der Waals surface area contributed by atoms with Gasteiger partial charge in [0.2, 0.25) is 10.0 Å². The summed E-state index contributed by atoms with van der Waals surface area (Å²) in [7, 11) is -0.909. The van der Waals surface area contributed by atoms with Gasteiger partial charge in [0.1, 0.15) is 18.0 Å². The van der Waals surface area contributed by atoms with Crippen LogP contribution in [0.25, 0.3) is 0 Å². The van der Waals surface area contributed by atoms with Crippen molar-refractivity contribution in [1.82, 2.24) is 5.43 Å². The fraction of sp³-hybridized carbons (Fsp3) is 0.222. The van der Waals surface area contributed by atoms with Gasteiger partial charge in [-0.3, -0.25) is 19.2 Å². The Kier molecular flexibility index (Phi) is 7.31. The highest BCUT2D eigenvalue weighted by atomic mass is 32.2. The molecule has 0 atom stereocenters. The summed E-state index contributed by atoms with van der Waals surface area (Å²) in [5, 5.41) is 14.7. The van der Waals surface area contributed by atoms with Crippen LogP contribution in [0.3, 0.4) is 0 Å². The SMILES string of the molecule is COc1ccc(/C=N\NC(=O)CN(c2cccc([N+](=O)[O-])c2)S(C)(=O)=O)c(OC)c1. The average Bonchev–Trinajstić information content (AvgIpc) is 2.71. The van der Waals surface area contributed by atoms with Crippen LogP contribution in [0.5, 0.6) is 11.5 Å². The number of non-ortho nitro benzene ring substituents is 1. The van der Waals surface area contributed by atoms with Crippen LogP contribution >= 0.6 is 0 Å². The maximum Gasteiger partial charge on any atom is 0.271 e. The molecule has 0 aliphatic heterocycles. The van der Waals surface area contributed by atoms with Crippen LogP contribution in [-0.2, 0) is 14.8 Å². The van der Waals surface area contributed by atoms with Gasteiger partial charge in [-0.1, -0.05) is 6.07 Å². The Hall–Kier alpha value is -3.67. The van der Waals surface area contributed by atoms with Crippen molar-refractivity contribution >= 4 is 33.5 Å². The molecule has 160 valence electrons. The molecule has 11 nitrogen and oxygen atoms in total. The Morgan fingerprint density at radius 2 is 1.97 bits per heavy atom. The van der Waals surface area contributed by atoms with Crippen LogP contribution < -0.4 is 19.2 Å². The topological polar surface area (TPSA) is 140 Å². The lowest BCUT2D eigenvalue weighted by Gasteiger charge is -2.21. The molecule has 2 rings (SSSR count). The molecule has 0 aliphatic carbocycles. The molecule has 0 fully saturated rings. The highest BCUT2D eigenvalue weighted by Gasteiger charge is 2.22. The van der Waals surface area contributed by atoms with Crippen molar-refractivity contribution in [3.63, 3.8) is 0 Å². The third kappa shape index (κ3) is 5.91. The number of hydrogen-bond donors (Lipinski definition) is 1. The summed E-state index contributed by atoms with van der Waals surface area (Å²) in [5.41, 5.74) is 2.47. The summed E-state index contributed by atoms with van der Waals surface area (Å²) in [6.45, 7) is -0.614. The molecular weight excluding hydrogens is 416 g/mol. The standard InChI is InChI=1S/C18H20N4O7S/c1-28-16-8-7-13(17(10-16)29-2)11-19-20-18(23)12-21(30(3,26)27)14-5-4-6-15(9-14)22(24)25/h4-11H,12H2,1-3H3,(H,20,23)/b19-11-. The molecule has 0 aromatic heterocycles. The molecular formula is C18H20N4O7S. The van der Waals surface area contributed by atoms with Gasteiger partial charge in [-0.25, -0.2) is 13.8 Å². The Balaban J connectivity index is 2.15. The number of carbonyl (C=O) groups is 1. The van der Waals surface area contributed by atoms with Crippen LogP contribution in [-0.4, -0.2) is 52.5 Å². The van der Waals surface area contributed by atoms with Crippen LogP contribution in [0, 0.1) is 10.1 Å². The van der Waals surface area contributed by atoms with Crippen molar-refractivity contribution in [2.45, 2.75) is 0 Å². The van der Waals surface area contributed by atoms with E-state index in [0.717, 1.165) is 16.6 Å². The van der Waals surface area contributed by atoms with Gasteiger partial charge in [0.15, 0.2) is 0 Å². The van der Waals surface area contributed by atoms with E-state index in [1.54, 1.807) is 18.2 Å². The first-order chi connectivity index (χ1) is 14.2. The molecule has 2 aromatic carbocycles. The van der Waals surface area contributed by atoms with Crippen molar-refractivity contribution in [2.24, 2.45) is 5.10 Å². The van der Waals surface area contributed by atoms with Crippen molar-refractivity contribution in [1.29, 1.82) is 0 Å². The van der Waals surface area contributed by atoms with Crippen molar-refractivity contribution in [2.75, 3.05) is 31.3 Å². The van der Waals surface area contributed by atoms with E-state index in [4.69, 9.17) is 9.47 Å². The van der Waals surface area contributed by atoms with Gasteiger partial charge in [-0.15, -0.1) is 0 Å². The molecule has 0 bridgehead atoms. The number of carbonyl (C=O) groups excluding carboxylic acids is 1. The van der Waals surface area contributed by atoms with Crippen molar-refractivity contribution in [3.05, 3.63) is 58.1 Å². The van der Waals surface area contributed by atoms with Crippen molar-refractivity contribution in [3.8, 4) is 11.5 Å². The predicted molar refractivity (Wildman–Crippen MR) is 111 cm³/mol. The Labute approximate surface area is 173 Å². The molecule has 0 spiro atoms. The highest BCUT2D eigenvalue weighted by molar-refractivity contribution is 7.92. The zero-order valence-corrected chi connectivity index (χ0v) is 17.3. The summed E-state index contributed by atoms with van der Waals surface area (Å²) < 4.78 is 35.3. The number of hydrogen-bond acceptors (Lipinski definition) is 8. The van der Waals surface area contributed by atoms with E-state index in [1.807, 2.05) is 0 Å². The number of ether oxygens (including phenoxy) is 2. The molecule has 1 N–H and O–H groups in total. The van der Waals surface area contributed by atoms with E-state index in [0.29, 0.717) is 17.1 Å². The lowest BCUT2D eigenvalue weighted by atomic mass is 10.2. The highest BCUT2D eigenvalue weighted by Crippen LogP contribution is 2.24. The molecule has 0 radical (unpaired) electrons. The molecule has 2 aromatic rings. The first-order valence-corrected chi connectivity index (χ1v) is 10.3. The third-order valence-corrected chi connectivity index (χ3v) is 4.99. The van der Waals surface area contributed by atoms with Crippen molar-refractivity contribution < 1.29 is 27.6 Å². The van der Waals surface area contributed by atoms with E-state index in [-0.39, 0.29) is 11.4 Å². The number of nitrogens with zero attached hydrogens (tertiary/aromatic N) is 3. The number of hydrazone groups is 1. The minimum Gasteiger partial charge on any atom is -0.497 e. The molecule has 0 heterocycles. The monoisotopic (exact) mass is 436 g/mol. The summed E-state index contributed by atoms with van der Waals surface area (Å²) in [6.07, 6.45) is 2.22. The lowest BCUT2D eigenvalue weighted by molar-refractivity contribution is -0.384. The van der Waals surface area contributed by atoms with E-state index in [2.05, 4.69) is 10.5 Å². The maximum absolute atomic E-state index is 12.2. The van der Waals surface area contributed by atoms with Gasteiger partial charge in [-0.05, 0) is 18.2 Å². The van der Waals surface area contributed by atoms with Gasteiger partial charge < -0.3 is 9.47 Å². The number of nitro groups is 1. The summed E-state index contributed by atoms with van der Waals surface area (Å²) in [6, 6.07) is 9.95. The van der Waals surface area contributed by atoms with Crippen LogP contribution in [0.1, 0.15) is 5.56 Å². The van der Waals surface area contributed by atoms with Gasteiger partial charge in [0, 0.05) is 23.8 Å². The zero-order chi connectivity index (χ0) is 22.3. The minimum absolute atomic E-state index is 0.0114. The first kappa shape index (κ1) is 22.6. The molecule has 1 amide bonds. The molecule has 0 saturated heterocycles. The average molecular weight is 436 g/mol. The smallest absolute Gasteiger partial charge is 0.271 e. The fourth-order valence-electron chi connectivity index (χ4n) is 2.43. The summed E-state index contributed by atoms with van der Waals surface area (Å²) >= 11 is 0. The Morgan fingerprint density at radius 1 is 1.23 bits per heavy atom. The number of methoxy groups -OCH3 is 2. The second kappa shape index (κ2) is 9.69. The van der Waals surface area contributed by atoms with E-state index in [9.17, 15) is 23.3 Å². The minimum atomic E-state index is -3.89. The van der Waals surface area contributed by atoms with Gasteiger partial charge >= 0.3 is 0 Å². The number of nitrogens with one attached hydrogen (secondary N) is 1. The number of anilines is 1. The molecule has 30 heavy (non-hydrogen) atoms. The normalized spacial score (nSPS) is 11.2. The fourth-order valence-corrected chi connectivity index (χ4v) is 3.27. The number of benzene rings is 2. The van der Waals surface area contributed by atoms with Crippen LogP contribution in [0.4, 0.5) is 11.4 Å². The van der Waals surface area contributed by atoms with Crippen LogP contribution in [0.15, 0.2) is 47.6 Å². The number of rotatable bonds is 9. The van der Waals surface area contributed by atoms with E-state index < -0.39 is 27.4 Å². The molecule has 12 heteroatoms. The number of nitro benzene ring substituents is 1. The summed E-state index contributed by atoms with van der Waals surface area (Å²) in [5.74, 6) is 0.297. The van der Waals surface area contributed by atoms with Gasteiger partial charge in [0.05, 0.1) is 37.3 Å². The van der Waals surface area contributed by atoms with Gasteiger partial charge in [0.25, 0.3) is 11.6 Å². The van der Waals surface area contributed by atoms with Crippen LogP contribution in [0.2, 0.25) is 0 Å². The number of amides is 1. The Bertz CT molecular complexity index is 1070. The number of sulfonamides is 1. The second-order valence-electron chi connectivity index (χ2n) is 5.95. The maximum atomic E-state index is 12.2. The Morgan fingerprint density at radius 3 is 2.57 bits per heavy atom. The van der Waals surface area contributed by atoms with E-state index in [1.165, 1.54) is 38.6 Å². The second-order valence-corrected chi connectivity index (χ2v) is 7.85. The largest absolute Gasteiger partial charge is 0.497 e. The third-order valence-electron chi connectivity index (χ3n) is 3.85. The molecule has 0 aliphatic rings. The predicted octanol–water partition coefficient (Wildman–Crippen LogP) is 1.53. The zero-order valence-electron chi connectivity index (χ0n) is 16.4. The van der Waals surface area contributed by atoms with Gasteiger partial charge in [-0.2, -0.15) is 5.10 Å².